The summed E-state index contributed by atoms with van der Waals surface area (Å²) in [6, 6.07) is 0. The molecule has 0 aliphatic carbocycles. The van der Waals surface area contributed by atoms with Crippen LogP contribution in [0.2, 0.25) is 0 Å². The maximum atomic E-state index is 11.6. The van der Waals surface area contributed by atoms with Gasteiger partial charge in [-0.2, -0.15) is 0 Å². The van der Waals surface area contributed by atoms with E-state index in [1.807, 2.05) is 20.8 Å². The zero-order chi connectivity index (χ0) is 9.61. The van der Waals surface area contributed by atoms with E-state index in [4.69, 9.17) is 0 Å². The van der Waals surface area contributed by atoms with Gasteiger partial charge < -0.3 is 5.32 Å². The van der Waals surface area contributed by atoms with Crippen LogP contribution in [0.3, 0.4) is 0 Å². The molecular formula is C9H17F2N. The normalized spacial score (nSPS) is 13.2. The second-order valence-corrected chi connectivity index (χ2v) is 3.73. The predicted octanol–water partition coefficient (Wildman–Crippen LogP) is 2.59. The van der Waals surface area contributed by atoms with Crippen molar-refractivity contribution in [2.75, 3.05) is 6.54 Å². The lowest BCUT2D eigenvalue weighted by Crippen LogP contribution is -2.36. The molecule has 0 aromatic carbocycles. The Labute approximate surface area is 72.9 Å². The van der Waals surface area contributed by atoms with Crippen molar-refractivity contribution < 1.29 is 8.78 Å². The summed E-state index contributed by atoms with van der Waals surface area (Å²) in [6.45, 7) is 6.88. The highest BCUT2D eigenvalue weighted by molar-refractivity contribution is 4.85. The van der Waals surface area contributed by atoms with E-state index in [1.54, 1.807) is 0 Å². The topological polar surface area (TPSA) is 12.0 Å². The molecule has 0 spiro atoms. The molecular weight excluding hydrogens is 160 g/mol. The molecule has 0 radical (unpaired) electrons. The summed E-state index contributed by atoms with van der Waals surface area (Å²) >= 11 is 0. The molecule has 1 N–H and O–H groups in total. The quantitative estimate of drug-likeness (QED) is 0.514. The first-order valence-corrected chi connectivity index (χ1v) is 4.11. The lowest BCUT2D eigenvalue weighted by molar-refractivity contribution is 0.204. The Morgan fingerprint density at radius 3 is 2.33 bits per heavy atom. The Bertz CT molecular complexity index is 136. The minimum absolute atomic E-state index is 0.0681. The van der Waals surface area contributed by atoms with Gasteiger partial charge in [0.25, 0.3) is 6.43 Å². The van der Waals surface area contributed by atoms with E-state index < -0.39 is 6.43 Å². The van der Waals surface area contributed by atoms with Crippen molar-refractivity contribution in [3.8, 4) is 0 Å². The van der Waals surface area contributed by atoms with Crippen molar-refractivity contribution >= 4 is 0 Å². The van der Waals surface area contributed by atoms with E-state index in [-0.39, 0.29) is 5.54 Å². The molecule has 0 atom stereocenters. The van der Waals surface area contributed by atoms with E-state index >= 15 is 0 Å². The molecule has 0 amide bonds. The third-order valence-electron chi connectivity index (χ3n) is 1.25. The van der Waals surface area contributed by atoms with Crippen molar-refractivity contribution in [1.29, 1.82) is 0 Å². The number of hydrogen-bond donors (Lipinski definition) is 1. The highest BCUT2D eigenvalue weighted by atomic mass is 19.3. The Morgan fingerprint density at radius 2 is 1.92 bits per heavy atom. The molecule has 3 heteroatoms. The summed E-state index contributed by atoms with van der Waals surface area (Å²) < 4.78 is 23.2. The summed E-state index contributed by atoms with van der Waals surface area (Å²) in [5.74, 6) is 0. The second kappa shape index (κ2) is 5.25. The van der Waals surface area contributed by atoms with Gasteiger partial charge in [0, 0.05) is 5.54 Å². The number of hydrogen-bond acceptors (Lipinski definition) is 1. The van der Waals surface area contributed by atoms with Gasteiger partial charge in [-0.15, -0.1) is 0 Å². The largest absolute Gasteiger partial charge is 0.312 e. The fourth-order valence-electron chi connectivity index (χ4n) is 0.730. The van der Waals surface area contributed by atoms with Crippen LogP contribution in [0.4, 0.5) is 8.78 Å². The van der Waals surface area contributed by atoms with Gasteiger partial charge in [0.05, 0.1) is 0 Å². The average molecular weight is 177 g/mol. The standard InChI is InChI=1S/C9H17F2N/c1-9(2,3)12-7-5-4-6-8(10)11/h4,6,8,12H,5,7H2,1-3H3/b6-4+. The second-order valence-electron chi connectivity index (χ2n) is 3.73. The smallest absolute Gasteiger partial charge is 0.257 e. The third kappa shape index (κ3) is 9.56. The Balaban J connectivity index is 3.34. The maximum absolute atomic E-state index is 11.6. The zero-order valence-corrected chi connectivity index (χ0v) is 7.90. The Morgan fingerprint density at radius 1 is 1.33 bits per heavy atom. The van der Waals surface area contributed by atoms with Crippen LogP contribution in [0.1, 0.15) is 27.2 Å². The lowest BCUT2D eigenvalue weighted by Gasteiger charge is -2.19. The number of rotatable bonds is 4. The van der Waals surface area contributed by atoms with Crippen LogP contribution in [0.15, 0.2) is 12.2 Å². The number of alkyl halides is 2. The molecule has 0 saturated heterocycles. The summed E-state index contributed by atoms with van der Waals surface area (Å²) in [4.78, 5) is 0. The van der Waals surface area contributed by atoms with Gasteiger partial charge in [0.1, 0.15) is 0 Å². The van der Waals surface area contributed by atoms with Crippen LogP contribution >= 0.6 is 0 Å². The SMILES string of the molecule is CC(C)(C)NCC/C=C/C(F)F. The molecule has 0 aliphatic heterocycles. The van der Waals surface area contributed by atoms with E-state index in [1.165, 1.54) is 6.08 Å². The van der Waals surface area contributed by atoms with Crippen LogP contribution in [0, 0.1) is 0 Å². The van der Waals surface area contributed by atoms with E-state index in [0.717, 1.165) is 12.6 Å². The van der Waals surface area contributed by atoms with Crippen molar-refractivity contribution in [2.24, 2.45) is 0 Å². The fraction of sp³-hybridized carbons (Fsp3) is 0.778. The molecule has 0 aromatic heterocycles. The number of halogens is 2. The number of allylic oxidation sites excluding steroid dienone is 1. The van der Waals surface area contributed by atoms with E-state index in [9.17, 15) is 8.78 Å². The van der Waals surface area contributed by atoms with Gasteiger partial charge in [0.15, 0.2) is 0 Å². The van der Waals surface area contributed by atoms with E-state index in [2.05, 4.69) is 5.32 Å². The van der Waals surface area contributed by atoms with Gasteiger partial charge in [-0.25, -0.2) is 8.78 Å². The molecule has 0 aliphatic rings. The lowest BCUT2D eigenvalue weighted by atomic mass is 10.1. The third-order valence-corrected chi connectivity index (χ3v) is 1.25. The molecule has 12 heavy (non-hydrogen) atoms. The average Bonchev–Trinajstić information content (AvgIpc) is 1.83. The van der Waals surface area contributed by atoms with E-state index in [0.29, 0.717) is 6.42 Å². The summed E-state index contributed by atoms with van der Waals surface area (Å²) in [5, 5.41) is 3.20. The van der Waals surface area contributed by atoms with Crippen LogP contribution in [-0.4, -0.2) is 18.5 Å². The Kier molecular flexibility index (Phi) is 5.06. The highest BCUT2D eigenvalue weighted by Gasteiger charge is 2.06. The van der Waals surface area contributed by atoms with Crippen LogP contribution in [0.25, 0.3) is 0 Å². The molecule has 0 fully saturated rings. The van der Waals surface area contributed by atoms with Gasteiger partial charge >= 0.3 is 0 Å². The van der Waals surface area contributed by atoms with Gasteiger partial charge in [-0.3, -0.25) is 0 Å². The van der Waals surface area contributed by atoms with Crippen molar-refractivity contribution in [2.45, 2.75) is 39.2 Å². The van der Waals surface area contributed by atoms with Crippen molar-refractivity contribution in [3.63, 3.8) is 0 Å². The number of nitrogens with one attached hydrogen (secondary N) is 1. The molecule has 0 unspecified atom stereocenters. The van der Waals surface area contributed by atoms with Crippen LogP contribution in [0.5, 0.6) is 0 Å². The molecule has 0 aromatic rings. The van der Waals surface area contributed by atoms with Gasteiger partial charge in [0.2, 0.25) is 0 Å². The first-order chi connectivity index (χ1) is 5.42. The fourth-order valence-corrected chi connectivity index (χ4v) is 0.730. The molecule has 0 rings (SSSR count). The van der Waals surface area contributed by atoms with Crippen molar-refractivity contribution in [3.05, 3.63) is 12.2 Å². The van der Waals surface area contributed by atoms with Gasteiger partial charge in [-0.1, -0.05) is 6.08 Å². The molecule has 0 heterocycles. The first-order valence-electron chi connectivity index (χ1n) is 4.11. The highest BCUT2D eigenvalue weighted by Crippen LogP contribution is 1.99. The molecule has 0 saturated carbocycles. The molecule has 1 nitrogen and oxygen atoms in total. The summed E-state index contributed by atoms with van der Waals surface area (Å²) in [6.07, 6.45) is 0.759. The molecule has 0 bridgehead atoms. The predicted molar refractivity (Wildman–Crippen MR) is 47.5 cm³/mol. The summed E-state index contributed by atoms with van der Waals surface area (Å²) in [5.41, 5.74) is 0.0681. The maximum Gasteiger partial charge on any atom is 0.257 e. The summed E-state index contributed by atoms with van der Waals surface area (Å²) in [7, 11) is 0. The van der Waals surface area contributed by atoms with Crippen LogP contribution < -0.4 is 5.32 Å². The van der Waals surface area contributed by atoms with Crippen LogP contribution in [-0.2, 0) is 0 Å². The minimum Gasteiger partial charge on any atom is -0.312 e. The van der Waals surface area contributed by atoms with Gasteiger partial charge in [-0.05, 0) is 39.8 Å². The molecule has 72 valence electrons. The Hall–Kier alpha value is -0.440. The monoisotopic (exact) mass is 177 g/mol. The first kappa shape index (κ1) is 11.6. The minimum atomic E-state index is -2.32. The zero-order valence-electron chi connectivity index (χ0n) is 7.90. The van der Waals surface area contributed by atoms with Crippen molar-refractivity contribution in [1.82, 2.24) is 5.32 Å².